The summed E-state index contributed by atoms with van der Waals surface area (Å²) < 4.78 is 5.87. The van der Waals surface area contributed by atoms with Crippen molar-refractivity contribution < 1.29 is 4.74 Å². The topological polar surface area (TPSA) is 35.2 Å². The lowest BCUT2D eigenvalue weighted by molar-refractivity contribution is -0.00153. The van der Waals surface area contributed by atoms with Crippen LogP contribution in [-0.4, -0.2) is 12.6 Å². The lowest BCUT2D eigenvalue weighted by atomic mass is 9.80. The first-order valence-electron chi connectivity index (χ1n) is 5.95. The first-order chi connectivity index (χ1) is 7.50. The summed E-state index contributed by atoms with van der Waals surface area (Å²) >= 11 is 0. The fraction of sp³-hybridized carbons (Fsp3) is 0.571. The van der Waals surface area contributed by atoms with Crippen LogP contribution in [0.2, 0.25) is 0 Å². The van der Waals surface area contributed by atoms with Gasteiger partial charge in [-0.3, -0.25) is 0 Å². The van der Waals surface area contributed by atoms with E-state index in [0.717, 1.165) is 13.0 Å². The molecule has 2 unspecified atom stereocenters. The van der Waals surface area contributed by atoms with Gasteiger partial charge < -0.3 is 10.5 Å². The van der Waals surface area contributed by atoms with E-state index in [-0.39, 0.29) is 17.6 Å². The van der Waals surface area contributed by atoms with Crippen LogP contribution < -0.4 is 5.73 Å². The minimum atomic E-state index is 0.0361. The zero-order valence-corrected chi connectivity index (χ0v) is 10.4. The Morgan fingerprint density at radius 2 is 2.00 bits per heavy atom. The van der Waals surface area contributed by atoms with Crippen LogP contribution in [0.25, 0.3) is 0 Å². The molecule has 2 atom stereocenters. The van der Waals surface area contributed by atoms with Gasteiger partial charge in [0.05, 0.1) is 12.7 Å². The van der Waals surface area contributed by atoms with Gasteiger partial charge in [-0.05, 0) is 23.0 Å². The van der Waals surface area contributed by atoms with Crippen LogP contribution in [0.3, 0.4) is 0 Å². The van der Waals surface area contributed by atoms with E-state index in [2.05, 4.69) is 45.0 Å². The molecule has 0 saturated carbocycles. The largest absolute Gasteiger partial charge is 0.372 e. The highest BCUT2D eigenvalue weighted by Gasteiger charge is 2.33. The van der Waals surface area contributed by atoms with Crippen molar-refractivity contribution in [3.63, 3.8) is 0 Å². The summed E-state index contributed by atoms with van der Waals surface area (Å²) in [4.78, 5) is 0. The zero-order chi connectivity index (χ0) is 11.8. The summed E-state index contributed by atoms with van der Waals surface area (Å²) in [5.74, 6) is 0. The number of rotatable bonds is 1. The highest BCUT2D eigenvalue weighted by Crippen LogP contribution is 2.35. The second kappa shape index (κ2) is 4.19. The number of hydrogen-bond donors (Lipinski definition) is 1. The predicted octanol–water partition coefficient (Wildman–Crippen LogP) is 2.67. The van der Waals surface area contributed by atoms with Crippen molar-refractivity contribution in [2.75, 3.05) is 6.61 Å². The summed E-state index contributed by atoms with van der Waals surface area (Å²) in [5, 5.41) is 0. The number of ether oxygens (including phenoxy) is 1. The lowest BCUT2D eigenvalue weighted by Crippen LogP contribution is -2.43. The molecule has 1 aromatic rings. The van der Waals surface area contributed by atoms with Crippen molar-refractivity contribution in [2.45, 2.75) is 39.3 Å². The third kappa shape index (κ3) is 2.13. The van der Waals surface area contributed by atoms with Gasteiger partial charge in [-0.1, -0.05) is 45.0 Å². The maximum Gasteiger partial charge on any atom is 0.0983 e. The van der Waals surface area contributed by atoms with Gasteiger partial charge >= 0.3 is 0 Å². The molecule has 88 valence electrons. The Labute approximate surface area is 97.8 Å². The van der Waals surface area contributed by atoms with Gasteiger partial charge in [-0.2, -0.15) is 0 Å². The van der Waals surface area contributed by atoms with Crippen LogP contribution in [-0.2, 0) is 11.2 Å². The highest BCUT2D eigenvalue weighted by molar-refractivity contribution is 5.32. The predicted molar refractivity (Wildman–Crippen MR) is 66.3 cm³/mol. The molecule has 0 radical (unpaired) electrons. The van der Waals surface area contributed by atoms with Crippen molar-refractivity contribution in [1.29, 1.82) is 0 Å². The number of hydrogen-bond acceptors (Lipinski definition) is 2. The van der Waals surface area contributed by atoms with Gasteiger partial charge in [-0.25, -0.2) is 0 Å². The molecule has 0 amide bonds. The monoisotopic (exact) mass is 219 g/mol. The van der Waals surface area contributed by atoms with E-state index in [1.165, 1.54) is 11.1 Å². The van der Waals surface area contributed by atoms with Crippen molar-refractivity contribution in [2.24, 2.45) is 11.1 Å². The molecular formula is C14H21NO. The summed E-state index contributed by atoms with van der Waals surface area (Å²) in [6.07, 6.45) is 1.05. The molecule has 2 rings (SSSR count). The Morgan fingerprint density at radius 3 is 2.69 bits per heavy atom. The van der Waals surface area contributed by atoms with E-state index in [9.17, 15) is 0 Å². The molecule has 0 spiro atoms. The third-order valence-corrected chi connectivity index (χ3v) is 3.36. The van der Waals surface area contributed by atoms with Gasteiger partial charge in [0.2, 0.25) is 0 Å². The maximum absolute atomic E-state index is 6.32. The average Bonchev–Trinajstić information content (AvgIpc) is 2.26. The van der Waals surface area contributed by atoms with Gasteiger partial charge in [0.1, 0.15) is 0 Å². The van der Waals surface area contributed by atoms with E-state index in [0.29, 0.717) is 0 Å². The standard InChI is InChI=1S/C14H21NO/c1-14(2,3)13(15)12-11-7-5-4-6-10(11)8-9-16-12/h4-7,12-13H,8-9,15H2,1-3H3. The Kier molecular flexibility index (Phi) is 3.04. The molecule has 2 heteroatoms. The fourth-order valence-electron chi connectivity index (χ4n) is 2.18. The SMILES string of the molecule is CC(C)(C)C(N)C1OCCc2ccccc21. The Morgan fingerprint density at radius 1 is 1.31 bits per heavy atom. The minimum absolute atomic E-state index is 0.0361. The molecule has 1 aliphatic heterocycles. The quantitative estimate of drug-likeness (QED) is 0.788. The van der Waals surface area contributed by atoms with E-state index >= 15 is 0 Å². The second-order valence-corrected chi connectivity index (χ2v) is 5.63. The summed E-state index contributed by atoms with van der Waals surface area (Å²) in [5.41, 5.74) is 9.04. The van der Waals surface area contributed by atoms with Crippen molar-refractivity contribution in [3.05, 3.63) is 35.4 Å². The van der Waals surface area contributed by atoms with Crippen LogP contribution >= 0.6 is 0 Å². The van der Waals surface area contributed by atoms with Crippen LogP contribution in [0.5, 0.6) is 0 Å². The first-order valence-corrected chi connectivity index (χ1v) is 5.95. The highest BCUT2D eigenvalue weighted by atomic mass is 16.5. The van der Waals surface area contributed by atoms with Crippen molar-refractivity contribution in [1.82, 2.24) is 0 Å². The summed E-state index contributed by atoms with van der Waals surface area (Å²) in [7, 11) is 0. The van der Waals surface area contributed by atoms with Crippen LogP contribution in [0, 0.1) is 5.41 Å². The molecule has 1 aromatic carbocycles. The molecule has 0 bridgehead atoms. The van der Waals surface area contributed by atoms with Gasteiger partial charge in [0.15, 0.2) is 0 Å². The molecule has 16 heavy (non-hydrogen) atoms. The Bertz CT molecular complexity index is 367. The van der Waals surface area contributed by atoms with E-state index in [1.54, 1.807) is 0 Å². The molecule has 1 heterocycles. The van der Waals surface area contributed by atoms with E-state index in [4.69, 9.17) is 10.5 Å². The van der Waals surface area contributed by atoms with Crippen LogP contribution in [0.1, 0.15) is 38.0 Å². The normalized spacial score (nSPS) is 22.6. The molecule has 2 nitrogen and oxygen atoms in total. The molecular weight excluding hydrogens is 198 g/mol. The van der Waals surface area contributed by atoms with Crippen molar-refractivity contribution >= 4 is 0 Å². The fourth-order valence-corrected chi connectivity index (χ4v) is 2.18. The number of fused-ring (bicyclic) bond motifs is 1. The zero-order valence-electron chi connectivity index (χ0n) is 10.4. The van der Waals surface area contributed by atoms with Crippen LogP contribution in [0.15, 0.2) is 24.3 Å². The lowest BCUT2D eigenvalue weighted by Gasteiger charge is -2.37. The summed E-state index contributed by atoms with van der Waals surface area (Å²) in [6, 6.07) is 8.51. The van der Waals surface area contributed by atoms with Crippen LogP contribution in [0.4, 0.5) is 0 Å². The number of nitrogens with two attached hydrogens (primary N) is 1. The average molecular weight is 219 g/mol. The van der Waals surface area contributed by atoms with E-state index in [1.807, 2.05) is 0 Å². The van der Waals surface area contributed by atoms with Gasteiger partial charge in [0, 0.05) is 6.04 Å². The molecule has 1 aliphatic rings. The van der Waals surface area contributed by atoms with Gasteiger partial charge in [-0.15, -0.1) is 0 Å². The maximum atomic E-state index is 6.32. The smallest absolute Gasteiger partial charge is 0.0983 e. The Balaban J connectivity index is 2.32. The second-order valence-electron chi connectivity index (χ2n) is 5.63. The molecule has 0 aromatic heterocycles. The molecule has 0 saturated heterocycles. The molecule has 0 fully saturated rings. The summed E-state index contributed by atoms with van der Waals surface area (Å²) in [6.45, 7) is 7.28. The first kappa shape index (κ1) is 11.6. The molecule has 2 N–H and O–H groups in total. The minimum Gasteiger partial charge on any atom is -0.372 e. The number of benzene rings is 1. The van der Waals surface area contributed by atoms with Gasteiger partial charge in [0.25, 0.3) is 0 Å². The van der Waals surface area contributed by atoms with Crippen molar-refractivity contribution in [3.8, 4) is 0 Å². The third-order valence-electron chi connectivity index (χ3n) is 3.36. The molecule has 0 aliphatic carbocycles. The van der Waals surface area contributed by atoms with E-state index < -0.39 is 0 Å². The Hall–Kier alpha value is -0.860.